The standard InChI is InChI=1S/C25H20Cl2N4OS2/c1-14-6-11-20-18(12-14)21-22(32)30(17-9-7-16(26)8-10-17)24-28-29-25(31(24)23(21)34-20)33-13-15-4-2-3-5-19(15)27/h2-5,7-10,14H,6,11-13H2,1H3. The van der Waals surface area contributed by atoms with Crippen LogP contribution in [0.15, 0.2) is 58.5 Å². The summed E-state index contributed by atoms with van der Waals surface area (Å²) in [5, 5.41) is 11.9. The average Bonchev–Trinajstić information content (AvgIpc) is 3.41. The van der Waals surface area contributed by atoms with E-state index >= 15 is 0 Å². The minimum atomic E-state index is -0.0496. The van der Waals surface area contributed by atoms with Gasteiger partial charge < -0.3 is 0 Å². The molecule has 0 aliphatic heterocycles. The van der Waals surface area contributed by atoms with Crippen molar-refractivity contribution in [1.29, 1.82) is 0 Å². The summed E-state index contributed by atoms with van der Waals surface area (Å²) < 4.78 is 3.71. The van der Waals surface area contributed by atoms with Crippen LogP contribution >= 0.6 is 46.3 Å². The van der Waals surface area contributed by atoms with Crippen LogP contribution in [0.1, 0.15) is 29.3 Å². The molecule has 0 amide bonds. The van der Waals surface area contributed by atoms with Crippen molar-refractivity contribution in [3.05, 3.63) is 84.9 Å². The minimum Gasteiger partial charge on any atom is -0.268 e. The Bertz CT molecular complexity index is 1600. The first-order chi connectivity index (χ1) is 16.5. The molecule has 1 aliphatic rings. The largest absolute Gasteiger partial charge is 0.268 e. The highest BCUT2D eigenvalue weighted by molar-refractivity contribution is 7.98. The highest BCUT2D eigenvalue weighted by atomic mass is 35.5. The molecule has 0 saturated carbocycles. The van der Waals surface area contributed by atoms with Crippen LogP contribution in [0.4, 0.5) is 0 Å². The maximum Gasteiger partial charge on any atom is 0.268 e. The van der Waals surface area contributed by atoms with Gasteiger partial charge in [-0.3, -0.25) is 4.79 Å². The second-order valence-corrected chi connectivity index (χ2v) is 11.5. The van der Waals surface area contributed by atoms with E-state index in [1.165, 1.54) is 10.4 Å². The molecule has 9 heteroatoms. The fourth-order valence-corrected chi connectivity index (χ4v) is 7.32. The van der Waals surface area contributed by atoms with Crippen molar-refractivity contribution in [2.75, 3.05) is 0 Å². The normalized spacial score (nSPS) is 15.8. The Morgan fingerprint density at radius 3 is 2.71 bits per heavy atom. The predicted octanol–water partition coefficient (Wildman–Crippen LogP) is 6.82. The highest BCUT2D eigenvalue weighted by Crippen LogP contribution is 2.38. The average molecular weight is 528 g/mol. The lowest BCUT2D eigenvalue weighted by Gasteiger charge is -2.18. The Morgan fingerprint density at radius 2 is 1.91 bits per heavy atom. The number of hydrogen-bond donors (Lipinski definition) is 0. The first kappa shape index (κ1) is 22.2. The van der Waals surface area contributed by atoms with E-state index in [0.29, 0.717) is 22.5 Å². The molecule has 2 aromatic carbocycles. The molecular formula is C25H20Cl2N4OS2. The summed E-state index contributed by atoms with van der Waals surface area (Å²) in [5.41, 5.74) is 2.89. The van der Waals surface area contributed by atoms with Crippen molar-refractivity contribution in [2.24, 2.45) is 5.92 Å². The summed E-state index contributed by atoms with van der Waals surface area (Å²) in [6, 6.07) is 15.1. The molecule has 3 heterocycles. The van der Waals surface area contributed by atoms with Gasteiger partial charge in [-0.1, -0.05) is 60.1 Å². The molecule has 0 saturated heterocycles. The van der Waals surface area contributed by atoms with Crippen molar-refractivity contribution in [3.8, 4) is 5.69 Å². The number of rotatable bonds is 4. The van der Waals surface area contributed by atoms with Gasteiger partial charge in [-0.15, -0.1) is 21.5 Å². The molecule has 172 valence electrons. The van der Waals surface area contributed by atoms with Crippen molar-refractivity contribution in [2.45, 2.75) is 37.1 Å². The van der Waals surface area contributed by atoms with E-state index in [2.05, 4.69) is 17.1 Å². The number of thiophene rings is 1. The minimum absolute atomic E-state index is 0.0496. The predicted molar refractivity (Wildman–Crippen MR) is 141 cm³/mol. The van der Waals surface area contributed by atoms with Gasteiger partial charge in [-0.05, 0) is 66.6 Å². The topological polar surface area (TPSA) is 52.2 Å². The van der Waals surface area contributed by atoms with E-state index in [4.69, 9.17) is 23.2 Å². The van der Waals surface area contributed by atoms with Crippen molar-refractivity contribution in [3.63, 3.8) is 0 Å². The molecule has 0 radical (unpaired) electrons. The first-order valence-corrected chi connectivity index (χ1v) is 13.6. The lowest BCUT2D eigenvalue weighted by molar-refractivity contribution is 0.508. The quantitative estimate of drug-likeness (QED) is 0.241. The smallest absolute Gasteiger partial charge is 0.268 e. The second kappa shape index (κ2) is 8.72. The molecule has 6 rings (SSSR count). The van der Waals surface area contributed by atoms with E-state index in [1.54, 1.807) is 39.8 Å². The van der Waals surface area contributed by atoms with E-state index in [1.807, 2.05) is 40.8 Å². The second-order valence-electron chi connectivity index (χ2n) is 8.65. The third-order valence-corrected chi connectivity index (χ3v) is 9.20. The Hall–Kier alpha value is -2.32. The summed E-state index contributed by atoms with van der Waals surface area (Å²) in [6.45, 7) is 2.26. The third kappa shape index (κ3) is 3.66. The van der Waals surface area contributed by atoms with Gasteiger partial charge in [0.1, 0.15) is 4.83 Å². The number of benzene rings is 2. The van der Waals surface area contributed by atoms with Crippen LogP contribution in [0, 0.1) is 5.92 Å². The van der Waals surface area contributed by atoms with Gasteiger partial charge in [0.05, 0.1) is 11.1 Å². The summed E-state index contributed by atoms with van der Waals surface area (Å²) in [5.74, 6) is 1.72. The van der Waals surface area contributed by atoms with Crippen molar-refractivity contribution in [1.82, 2.24) is 19.2 Å². The molecule has 34 heavy (non-hydrogen) atoms. The van der Waals surface area contributed by atoms with E-state index in [-0.39, 0.29) is 5.56 Å². The molecule has 5 aromatic rings. The number of aromatic nitrogens is 4. The molecule has 1 unspecified atom stereocenters. The third-order valence-electron chi connectivity index (χ3n) is 6.32. The van der Waals surface area contributed by atoms with Crippen LogP contribution in [0.25, 0.3) is 21.7 Å². The molecule has 1 aliphatic carbocycles. The van der Waals surface area contributed by atoms with Crippen molar-refractivity contribution >= 4 is 62.3 Å². The van der Waals surface area contributed by atoms with Crippen LogP contribution in [-0.2, 0) is 18.6 Å². The Balaban J connectivity index is 1.60. The highest BCUT2D eigenvalue weighted by Gasteiger charge is 2.27. The molecule has 0 N–H and O–H groups in total. The maximum absolute atomic E-state index is 13.9. The van der Waals surface area contributed by atoms with Crippen LogP contribution in [0.2, 0.25) is 10.0 Å². The van der Waals surface area contributed by atoms with Gasteiger partial charge >= 0.3 is 0 Å². The molecule has 1 atom stereocenters. The van der Waals surface area contributed by atoms with Crippen LogP contribution in [0.5, 0.6) is 0 Å². The number of hydrogen-bond acceptors (Lipinski definition) is 5. The Labute approximate surface area is 214 Å². The van der Waals surface area contributed by atoms with E-state index in [0.717, 1.165) is 50.9 Å². The fourth-order valence-electron chi connectivity index (χ4n) is 4.58. The number of nitrogens with zero attached hydrogens (tertiary/aromatic N) is 4. The van der Waals surface area contributed by atoms with Crippen LogP contribution in [0.3, 0.4) is 0 Å². The zero-order valence-electron chi connectivity index (χ0n) is 18.3. The number of halogens is 2. The molecular weight excluding hydrogens is 507 g/mol. The number of aryl methyl sites for hydroxylation is 1. The van der Waals surface area contributed by atoms with Gasteiger partial charge in [0.15, 0.2) is 5.16 Å². The number of fused-ring (bicyclic) bond motifs is 5. The van der Waals surface area contributed by atoms with Gasteiger partial charge in [0, 0.05) is 20.7 Å². The summed E-state index contributed by atoms with van der Waals surface area (Å²) >= 11 is 15.8. The first-order valence-electron chi connectivity index (χ1n) is 11.1. The molecule has 5 nitrogen and oxygen atoms in total. The SMILES string of the molecule is CC1CCc2sc3c(c2C1)c(=O)n(-c1ccc(Cl)cc1)c1nnc(SCc2ccccc2Cl)n31. The lowest BCUT2D eigenvalue weighted by Crippen LogP contribution is -2.22. The number of thioether (sulfide) groups is 1. The summed E-state index contributed by atoms with van der Waals surface area (Å²) in [6.07, 6.45) is 3.06. The summed E-state index contributed by atoms with van der Waals surface area (Å²) in [4.78, 5) is 16.2. The Kier molecular flexibility index (Phi) is 5.68. The van der Waals surface area contributed by atoms with Gasteiger partial charge in [0.25, 0.3) is 5.56 Å². The molecule has 0 bridgehead atoms. The summed E-state index contributed by atoms with van der Waals surface area (Å²) in [7, 11) is 0. The van der Waals surface area contributed by atoms with Crippen LogP contribution in [-0.4, -0.2) is 19.2 Å². The van der Waals surface area contributed by atoms with Crippen LogP contribution < -0.4 is 5.56 Å². The van der Waals surface area contributed by atoms with Gasteiger partial charge in [-0.2, -0.15) is 0 Å². The van der Waals surface area contributed by atoms with Gasteiger partial charge in [0.2, 0.25) is 5.78 Å². The zero-order valence-corrected chi connectivity index (χ0v) is 21.4. The molecule has 0 spiro atoms. The zero-order chi connectivity index (χ0) is 23.4. The van der Waals surface area contributed by atoms with E-state index < -0.39 is 0 Å². The molecule has 3 aromatic heterocycles. The van der Waals surface area contributed by atoms with E-state index in [9.17, 15) is 4.79 Å². The maximum atomic E-state index is 13.9. The monoisotopic (exact) mass is 526 g/mol. The fraction of sp³-hybridized carbons (Fsp3) is 0.240. The Morgan fingerprint density at radius 1 is 1.12 bits per heavy atom. The lowest BCUT2D eigenvalue weighted by atomic mass is 9.89. The molecule has 0 fully saturated rings. The van der Waals surface area contributed by atoms with Gasteiger partial charge in [-0.25, -0.2) is 8.97 Å². The van der Waals surface area contributed by atoms with Crippen molar-refractivity contribution < 1.29 is 0 Å².